The normalized spacial score (nSPS) is 37.4. The third kappa shape index (κ3) is 9.99. The maximum atomic E-state index is 12.9. The highest BCUT2D eigenvalue weighted by Crippen LogP contribution is 2.35. The Labute approximate surface area is 272 Å². The zero-order valence-electron chi connectivity index (χ0n) is 28.5. The van der Waals surface area contributed by atoms with E-state index in [2.05, 4.69) is 16.0 Å². The zero-order chi connectivity index (χ0) is 34.4. The lowest BCUT2D eigenvalue weighted by Crippen LogP contribution is -2.68. The topological polar surface area (TPSA) is 197 Å². The molecule has 2 amide bonds. The molecule has 1 aliphatic carbocycles. The largest absolute Gasteiger partial charge is 0.467 e. The summed E-state index contributed by atoms with van der Waals surface area (Å²) in [5.41, 5.74) is -2.11. The number of likely N-dealkylation sites (N-methyl/N-ethyl adjacent to an activating group) is 1. The Balaban J connectivity index is 1.87. The van der Waals surface area contributed by atoms with E-state index in [1.807, 2.05) is 26.8 Å². The van der Waals surface area contributed by atoms with Gasteiger partial charge in [0.15, 0.2) is 6.29 Å². The first kappa shape index (κ1) is 38.4. The first-order valence-corrected chi connectivity index (χ1v) is 16.5. The van der Waals surface area contributed by atoms with Crippen molar-refractivity contribution in [1.82, 2.24) is 16.0 Å². The van der Waals surface area contributed by atoms with Crippen LogP contribution in [0.15, 0.2) is 11.8 Å². The van der Waals surface area contributed by atoms with Gasteiger partial charge in [-0.15, -0.1) is 0 Å². The van der Waals surface area contributed by atoms with Gasteiger partial charge >= 0.3 is 6.09 Å². The fourth-order valence-electron chi connectivity index (χ4n) is 6.29. The van der Waals surface area contributed by atoms with Crippen LogP contribution in [0.3, 0.4) is 0 Å². The number of carbonyl (C=O) groups is 2. The third-order valence-electron chi connectivity index (χ3n) is 8.57. The number of amides is 2. The Hall–Kier alpha value is -2.04. The van der Waals surface area contributed by atoms with Crippen molar-refractivity contribution >= 4 is 12.0 Å². The first-order chi connectivity index (χ1) is 21.5. The van der Waals surface area contributed by atoms with Gasteiger partial charge in [0.05, 0.1) is 36.6 Å². The van der Waals surface area contributed by atoms with Crippen LogP contribution in [0, 0.1) is 5.92 Å². The number of hydrogen-bond donors (Lipinski definition) is 7. The van der Waals surface area contributed by atoms with E-state index in [4.69, 9.17) is 23.7 Å². The fraction of sp³-hybridized carbons (Fsp3) is 0.875. The van der Waals surface area contributed by atoms with E-state index in [1.54, 1.807) is 27.8 Å². The van der Waals surface area contributed by atoms with Crippen molar-refractivity contribution < 1.29 is 53.7 Å². The van der Waals surface area contributed by atoms with Gasteiger partial charge in [0, 0.05) is 6.42 Å². The maximum absolute atomic E-state index is 12.9. The Morgan fingerprint density at radius 1 is 1.07 bits per heavy atom. The highest BCUT2D eigenvalue weighted by Gasteiger charge is 2.52. The van der Waals surface area contributed by atoms with Gasteiger partial charge in [0.1, 0.15) is 35.6 Å². The van der Waals surface area contributed by atoms with E-state index >= 15 is 0 Å². The van der Waals surface area contributed by atoms with Crippen molar-refractivity contribution in [1.29, 1.82) is 0 Å². The van der Waals surface area contributed by atoms with Gasteiger partial charge in [-0.3, -0.25) is 4.79 Å². The molecule has 2 fully saturated rings. The van der Waals surface area contributed by atoms with E-state index in [-0.39, 0.29) is 25.4 Å². The van der Waals surface area contributed by atoms with Gasteiger partial charge in [-0.05, 0) is 72.4 Å². The monoisotopic (exact) mass is 659 g/mol. The Morgan fingerprint density at radius 3 is 2.35 bits per heavy atom. The molecular formula is C32H57N3O11. The molecule has 1 saturated heterocycles. The van der Waals surface area contributed by atoms with Crippen LogP contribution in [0.2, 0.25) is 0 Å². The number of carbonyl (C=O) groups excluding carboxylic acids is 2. The molecule has 3 rings (SSSR count). The lowest BCUT2D eigenvalue weighted by atomic mass is 9.79. The number of hydrogen-bond acceptors (Lipinski definition) is 12. The third-order valence-corrected chi connectivity index (χ3v) is 8.57. The van der Waals surface area contributed by atoms with Crippen LogP contribution in [-0.4, -0.2) is 119 Å². The predicted octanol–water partition coefficient (Wildman–Crippen LogP) is 1.18. The molecule has 0 radical (unpaired) electrons. The fourth-order valence-corrected chi connectivity index (χ4v) is 6.29. The highest BCUT2D eigenvalue weighted by molar-refractivity contribution is 5.80. The predicted molar refractivity (Wildman–Crippen MR) is 167 cm³/mol. The number of aliphatic hydroxyl groups is 4. The van der Waals surface area contributed by atoms with Gasteiger partial charge in [0.25, 0.3) is 0 Å². The molecule has 7 N–H and O–H groups in total. The standard InChI is InChI=1S/C32H57N3O11/c1-9-11-18-13-14-19(35-30(40)46-31(4,5)6)28(43-18)44-24-17(3)15-20(34-27(39)21(36)12-10-2)25(22(24)37)45-29-23(38)26(33-8)32(7,41)16-42-29/h13,17,19-26,28-29,33,36-38,41H,9-12,14-16H2,1-8H3,(H,34,39)(H,35,40)/t17-,19+,20+,21-,22-,23+,24+,25-,26+,28+,29+,32-/m0/s1. The summed E-state index contributed by atoms with van der Waals surface area (Å²) in [5, 5.41) is 52.5. The molecule has 0 unspecified atom stereocenters. The number of aliphatic hydroxyl groups excluding tert-OH is 3. The molecule has 0 spiro atoms. The lowest BCUT2D eigenvalue weighted by molar-refractivity contribution is -0.306. The molecular weight excluding hydrogens is 602 g/mol. The summed E-state index contributed by atoms with van der Waals surface area (Å²) in [6.07, 6.45) is -3.90. The minimum Gasteiger partial charge on any atom is -0.467 e. The van der Waals surface area contributed by atoms with Gasteiger partial charge in [-0.2, -0.15) is 0 Å². The highest BCUT2D eigenvalue weighted by atomic mass is 16.7. The van der Waals surface area contributed by atoms with E-state index < -0.39 is 84.4 Å². The molecule has 14 heteroatoms. The summed E-state index contributed by atoms with van der Waals surface area (Å²) in [6, 6.07) is -2.22. The molecule has 266 valence electrons. The van der Waals surface area contributed by atoms with Crippen molar-refractivity contribution in [3.8, 4) is 0 Å². The van der Waals surface area contributed by atoms with E-state index in [1.165, 1.54) is 6.92 Å². The zero-order valence-corrected chi connectivity index (χ0v) is 28.5. The molecule has 1 saturated carbocycles. The number of allylic oxidation sites excluding steroid dienone is 1. The Kier molecular flexibility index (Phi) is 13.7. The lowest BCUT2D eigenvalue weighted by Gasteiger charge is -2.49. The maximum Gasteiger partial charge on any atom is 0.408 e. The van der Waals surface area contributed by atoms with Crippen molar-refractivity contribution in [3.05, 3.63) is 11.8 Å². The Morgan fingerprint density at radius 2 is 1.74 bits per heavy atom. The average Bonchev–Trinajstić information content (AvgIpc) is 2.94. The molecule has 0 aromatic heterocycles. The van der Waals surface area contributed by atoms with Crippen molar-refractivity contribution in [2.75, 3.05) is 13.7 Å². The van der Waals surface area contributed by atoms with Gasteiger partial charge in [0.2, 0.25) is 12.2 Å². The summed E-state index contributed by atoms with van der Waals surface area (Å²) in [4.78, 5) is 25.6. The molecule has 0 bridgehead atoms. The molecule has 14 nitrogen and oxygen atoms in total. The van der Waals surface area contributed by atoms with Gasteiger partial charge in [-0.1, -0.05) is 27.2 Å². The summed E-state index contributed by atoms with van der Waals surface area (Å²) >= 11 is 0. The summed E-state index contributed by atoms with van der Waals surface area (Å²) in [7, 11) is 1.59. The van der Waals surface area contributed by atoms with Crippen LogP contribution in [0.5, 0.6) is 0 Å². The molecule has 2 aliphatic heterocycles. The first-order valence-electron chi connectivity index (χ1n) is 16.5. The number of ether oxygens (including phenoxy) is 5. The molecule has 12 atom stereocenters. The molecule has 3 aliphatic rings. The number of nitrogens with one attached hydrogen (secondary N) is 3. The van der Waals surface area contributed by atoms with Crippen LogP contribution in [0.25, 0.3) is 0 Å². The molecule has 0 aromatic carbocycles. The number of alkyl carbamates (subject to hydrolysis) is 1. The van der Waals surface area contributed by atoms with E-state index in [0.717, 1.165) is 6.42 Å². The van der Waals surface area contributed by atoms with Crippen LogP contribution in [0.4, 0.5) is 4.79 Å². The average molecular weight is 660 g/mol. The van der Waals surface area contributed by atoms with Gasteiger partial charge < -0.3 is 60.1 Å². The minimum absolute atomic E-state index is 0.161. The molecule has 2 heterocycles. The SMILES string of the molecule is CCCC1=CC[C@@H](NC(=O)OC(C)(C)C)[C@@H](O[C@H]2[C@H](O)[C@@H](O[C@H]3OC[C@](C)(O)[C@H](NC)[C@H]3O)[C@H](NC(=O)[C@@H](O)CCC)C[C@@H]2C)O1. The molecule has 46 heavy (non-hydrogen) atoms. The van der Waals surface area contributed by atoms with E-state index in [0.29, 0.717) is 25.0 Å². The van der Waals surface area contributed by atoms with Crippen LogP contribution >= 0.6 is 0 Å². The summed E-state index contributed by atoms with van der Waals surface area (Å²) in [5.74, 6) is -0.246. The van der Waals surface area contributed by atoms with Crippen molar-refractivity contribution in [3.63, 3.8) is 0 Å². The smallest absolute Gasteiger partial charge is 0.408 e. The van der Waals surface area contributed by atoms with Crippen molar-refractivity contribution in [2.45, 2.75) is 159 Å². The van der Waals surface area contributed by atoms with E-state index in [9.17, 15) is 30.0 Å². The molecule has 0 aromatic rings. The minimum atomic E-state index is -1.39. The second-order valence-electron chi connectivity index (χ2n) is 14.0. The number of rotatable bonds is 12. The van der Waals surface area contributed by atoms with Crippen molar-refractivity contribution in [2.24, 2.45) is 5.92 Å². The van der Waals surface area contributed by atoms with Crippen LogP contribution < -0.4 is 16.0 Å². The Bertz CT molecular complexity index is 1040. The van der Waals surface area contributed by atoms with Crippen LogP contribution in [0.1, 0.15) is 87.0 Å². The quantitative estimate of drug-likeness (QED) is 0.158. The summed E-state index contributed by atoms with van der Waals surface area (Å²) < 4.78 is 30.0. The van der Waals surface area contributed by atoms with Crippen LogP contribution in [-0.2, 0) is 28.5 Å². The second kappa shape index (κ2) is 16.4. The second-order valence-corrected chi connectivity index (χ2v) is 14.0. The van der Waals surface area contributed by atoms with Gasteiger partial charge in [-0.25, -0.2) is 4.79 Å². The summed E-state index contributed by atoms with van der Waals surface area (Å²) in [6.45, 7) is 12.4.